The molecule has 1 unspecified atom stereocenters. The fourth-order valence-corrected chi connectivity index (χ4v) is 2.70. The Morgan fingerprint density at radius 3 is 2.67 bits per heavy atom. The van der Waals surface area contributed by atoms with Crippen LogP contribution in [0.4, 0.5) is 0 Å². The van der Waals surface area contributed by atoms with E-state index < -0.39 is 0 Å². The smallest absolute Gasteiger partial charge is 0.239 e. The Morgan fingerprint density at radius 1 is 1.29 bits per heavy atom. The van der Waals surface area contributed by atoms with Crippen molar-refractivity contribution in [3.63, 3.8) is 0 Å². The minimum atomic E-state index is -0.191. The number of carbonyl (C=O) groups excluding carboxylic acids is 2. The van der Waals surface area contributed by atoms with Crippen molar-refractivity contribution in [1.82, 2.24) is 20.4 Å². The van der Waals surface area contributed by atoms with Gasteiger partial charge in [0.25, 0.3) is 0 Å². The maximum Gasteiger partial charge on any atom is 0.239 e. The van der Waals surface area contributed by atoms with Gasteiger partial charge in [-0.1, -0.05) is 18.2 Å². The largest absolute Gasteiger partial charge is 0.348 e. The highest BCUT2D eigenvalue weighted by molar-refractivity contribution is 5.87. The van der Waals surface area contributed by atoms with Gasteiger partial charge in [-0.05, 0) is 38.8 Å². The number of nitrogens with one attached hydrogen (secondary N) is 2. The third kappa shape index (κ3) is 3.64. The molecule has 1 saturated carbocycles. The molecule has 2 aromatic rings. The van der Waals surface area contributed by atoms with E-state index in [-0.39, 0.29) is 30.3 Å². The number of nitrogens with zero attached hydrogens (tertiary/aromatic N) is 2. The predicted molar refractivity (Wildman–Crippen MR) is 90.6 cm³/mol. The van der Waals surface area contributed by atoms with Crippen LogP contribution in [0.1, 0.15) is 37.1 Å². The molecule has 6 nitrogen and oxygen atoms in total. The summed E-state index contributed by atoms with van der Waals surface area (Å²) in [5, 5.41) is 10.0. The number of hydrogen-bond donors (Lipinski definition) is 2. The molecule has 1 aromatic carbocycles. The molecule has 3 rings (SSSR count). The molecule has 0 spiro atoms. The van der Waals surface area contributed by atoms with Gasteiger partial charge >= 0.3 is 0 Å². The number of hydrogen-bond acceptors (Lipinski definition) is 3. The van der Waals surface area contributed by atoms with Crippen molar-refractivity contribution in [2.45, 2.75) is 32.7 Å². The van der Waals surface area contributed by atoms with Crippen molar-refractivity contribution in [1.29, 1.82) is 0 Å². The van der Waals surface area contributed by atoms with Crippen molar-refractivity contribution in [3.8, 4) is 5.69 Å². The van der Waals surface area contributed by atoms with E-state index >= 15 is 0 Å². The lowest BCUT2D eigenvalue weighted by Gasteiger charge is -2.14. The predicted octanol–water partition coefficient (Wildman–Crippen LogP) is 1.88. The maximum atomic E-state index is 12.0. The van der Waals surface area contributed by atoms with E-state index in [9.17, 15) is 9.59 Å². The lowest BCUT2D eigenvalue weighted by Crippen LogP contribution is -2.38. The average molecular weight is 326 g/mol. The van der Waals surface area contributed by atoms with Gasteiger partial charge in [-0.15, -0.1) is 0 Å². The standard InChI is InChI=1S/C18H22N4O2/c1-12(21-17(23)11-19-18(24)14-8-9-14)16-10-20-22(13(16)2)15-6-4-3-5-7-15/h3-7,10,12,14H,8-9,11H2,1-2H3,(H,19,24)(H,21,23). The second-order valence-corrected chi connectivity index (χ2v) is 6.21. The first-order valence-corrected chi connectivity index (χ1v) is 8.23. The van der Waals surface area contributed by atoms with E-state index in [1.807, 2.05) is 48.9 Å². The zero-order chi connectivity index (χ0) is 17.1. The van der Waals surface area contributed by atoms with Crippen LogP contribution in [-0.2, 0) is 9.59 Å². The fraction of sp³-hybridized carbons (Fsp3) is 0.389. The molecule has 2 amide bonds. The molecule has 2 N–H and O–H groups in total. The van der Waals surface area contributed by atoms with Crippen LogP contribution >= 0.6 is 0 Å². The van der Waals surface area contributed by atoms with Gasteiger partial charge in [0.15, 0.2) is 0 Å². The van der Waals surface area contributed by atoms with Crippen LogP contribution in [0.5, 0.6) is 0 Å². The molecule has 1 atom stereocenters. The molecule has 1 heterocycles. The van der Waals surface area contributed by atoms with Gasteiger partial charge in [-0.25, -0.2) is 4.68 Å². The minimum absolute atomic E-state index is 0.0194. The summed E-state index contributed by atoms with van der Waals surface area (Å²) in [6.45, 7) is 3.92. The number of amides is 2. The zero-order valence-corrected chi connectivity index (χ0v) is 14.0. The van der Waals surface area contributed by atoms with E-state index in [0.717, 1.165) is 29.8 Å². The highest BCUT2D eigenvalue weighted by Gasteiger charge is 2.29. The lowest BCUT2D eigenvalue weighted by molar-refractivity contribution is -0.127. The summed E-state index contributed by atoms with van der Waals surface area (Å²) in [6, 6.07) is 9.68. The minimum Gasteiger partial charge on any atom is -0.348 e. The molecule has 0 radical (unpaired) electrons. The van der Waals surface area contributed by atoms with Gasteiger partial charge in [-0.3, -0.25) is 9.59 Å². The Hall–Kier alpha value is -2.63. The van der Waals surface area contributed by atoms with E-state index in [1.54, 1.807) is 6.20 Å². The van der Waals surface area contributed by atoms with E-state index in [4.69, 9.17) is 0 Å². The summed E-state index contributed by atoms with van der Waals surface area (Å²) >= 11 is 0. The first kappa shape index (κ1) is 16.2. The fourth-order valence-electron chi connectivity index (χ4n) is 2.70. The number of aromatic nitrogens is 2. The first-order chi connectivity index (χ1) is 11.6. The Balaban J connectivity index is 1.60. The Morgan fingerprint density at radius 2 is 2.00 bits per heavy atom. The number of rotatable bonds is 6. The van der Waals surface area contributed by atoms with Crippen LogP contribution in [-0.4, -0.2) is 28.1 Å². The van der Waals surface area contributed by atoms with Gasteiger partial charge in [0.1, 0.15) is 0 Å². The van der Waals surface area contributed by atoms with Gasteiger partial charge in [0.2, 0.25) is 11.8 Å². The Bertz CT molecular complexity index is 735. The molecule has 1 aliphatic carbocycles. The number of benzene rings is 1. The van der Waals surface area contributed by atoms with Crippen molar-refractivity contribution >= 4 is 11.8 Å². The van der Waals surface area contributed by atoms with Crippen LogP contribution in [0.25, 0.3) is 5.69 Å². The quantitative estimate of drug-likeness (QED) is 0.851. The van der Waals surface area contributed by atoms with Gasteiger partial charge in [0, 0.05) is 17.2 Å². The molecule has 0 saturated heterocycles. The van der Waals surface area contributed by atoms with E-state index in [0.29, 0.717) is 0 Å². The average Bonchev–Trinajstić information content (AvgIpc) is 3.36. The second-order valence-electron chi connectivity index (χ2n) is 6.21. The number of para-hydroxylation sites is 1. The summed E-state index contributed by atoms with van der Waals surface area (Å²) in [5.74, 6) is -0.101. The molecule has 24 heavy (non-hydrogen) atoms. The van der Waals surface area contributed by atoms with Crippen LogP contribution < -0.4 is 10.6 Å². The molecule has 1 aromatic heterocycles. The van der Waals surface area contributed by atoms with Gasteiger partial charge < -0.3 is 10.6 Å². The lowest BCUT2D eigenvalue weighted by atomic mass is 10.1. The van der Waals surface area contributed by atoms with E-state index in [1.165, 1.54) is 0 Å². The molecule has 1 aliphatic rings. The van der Waals surface area contributed by atoms with Crippen LogP contribution in [0, 0.1) is 12.8 Å². The summed E-state index contributed by atoms with van der Waals surface area (Å²) in [4.78, 5) is 23.6. The summed E-state index contributed by atoms with van der Waals surface area (Å²) in [5.41, 5.74) is 2.92. The molecule has 0 bridgehead atoms. The second kappa shape index (κ2) is 6.86. The van der Waals surface area contributed by atoms with Crippen molar-refractivity contribution in [2.24, 2.45) is 5.92 Å². The summed E-state index contributed by atoms with van der Waals surface area (Å²) in [7, 11) is 0. The van der Waals surface area contributed by atoms with Crippen LogP contribution in [0.2, 0.25) is 0 Å². The van der Waals surface area contributed by atoms with Gasteiger partial charge in [-0.2, -0.15) is 5.10 Å². The Labute approximate surface area is 141 Å². The molecular weight excluding hydrogens is 304 g/mol. The molecule has 6 heteroatoms. The van der Waals surface area contributed by atoms with Crippen molar-refractivity contribution in [3.05, 3.63) is 47.8 Å². The van der Waals surface area contributed by atoms with Gasteiger partial charge in [0.05, 0.1) is 24.5 Å². The molecular formula is C18H22N4O2. The van der Waals surface area contributed by atoms with Crippen LogP contribution in [0.15, 0.2) is 36.5 Å². The van der Waals surface area contributed by atoms with Crippen molar-refractivity contribution < 1.29 is 9.59 Å². The third-order valence-electron chi connectivity index (χ3n) is 4.26. The summed E-state index contributed by atoms with van der Waals surface area (Å²) < 4.78 is 1.85. The monoisotopic (exact) mass is 326 g/mol. The number of carbonyl (C=O) groups is 2. The Kier molecular flexibility index (Phi) is 4.64. The maximum absolute atomic E-state index is 12.0. The highest BCUT2D eigenvalue weighted by Crippen LogP contribution is 2.28. The topological polar surface area (TPSA) is 76.0 Å². The van der Waals surface area contributed by atoms with E-state index in [2.05, 4.69) is 15.7 Å². The third-order valence-corrected chi connectivity index (χ3v) is 4.26. The molecule has 126 valence electrons. The molecule has 1 fully saturated rings. The first-order valence-electron chi connectivity index (χ1n) is 8.23. The van der Waals surface area contributed by atoms with Crippen LogP contribution in [0.3, 0.4) is 0 Å². The van der Waals surface area contributed by atoms with Crippen molar-refractivity contribution in [2.75, 3.05) is 6.54 Å². The summed E-state index contributed by atoms with van der Waals surface area (Å²) in [6.07, 6.45) is 3.64. The normalized spacial score (nSPS) is 14.9. The molecule has 0 aliphatic heterocycles. The zero-order valence-electron chi connectivity index (χ0n) is 14.0. The highest BCUT2D eigenvalue weighted by atomic mass is 16.2. The SMILES string of the molecule is Cc1c(C(C)NC(=O)CNC(=O)C2CC2)cnn1-c1ccccc1.